The molecule has 1 saturated heterocycles. The molecule has 2 aliphatic rings. The number of rotatable bonds is 5. The molecular formula is C22H22BrN2O5+. The Hall–Kier alpha value is -2.84. The molecule has 30 heavy (non-hydrogen) atoms. The number of nitrogens with zero attached hydrogens (tertiary/aromatic N) is 1. The fourth-order valence-electron chi connectivity index (χ4n) is 3.68. The van der Waals surface area contributed by atoms with Gasteiger partial charge < -0.3 is 24.4 Å². The second kappa shape index (κ2) is 8.12. The van der Waals surface area contributed by atoms with Crippen molar-refractivity contribution in [2.45, 2.75) is 6.04 Å². The van der Waals surface area contributed by atoms with Gasteiger partial charge in [-0.25, -0.2) is 0 Å². The van der Waals surface area contributed by atoms with Crippen LogP contribution >= 0.6 is 15.9 Å². The van der Waals surface area contributed by atoms with Crippen molar-refractivity contribution >= 4 is 33.4 Å². The number of fused-ring (bicyclic) bond motifs is 1. The molecule has 2 aromatic rings. The molecule has 0 bridgehead atoms. The van der Waals surface area contributed by atoms with Gasteiger partial charge in [-0.05, 0) is 35.9 Å². The van der Waals surface area contributed by atoms with Crippen molar-refractivity contribution in [2.24, 2.45) is 0 Å². The van der Waals surface area contributed by atoms with Gasteiger partial charge in [-0.15, -0.1) is 0 Å². The standard InChI is InChI=1S/C22H21BrN2O5/c1-24(2)8-9-25-19(13-4-3-5-15(23)10-13)18(21(27)22(25)28)20(26)14-6-7-16-17(11-14)30-12-29-16/h3-7,10-11,19,26H,8-9,12H2,1-2H3/p+1. The Morgan fingerprint density at radius 2 is 1.93 bits per heavy atom. The van der Waals surface area contributed by atoms with Crippen LogP contribution in [0.2, 0.25) is 0 Å². The first-order chi connectivity index (χ1) is 14.4. The zero-order valence-corrected chi connectivity index (χ0v) is 18.2. The van der Waals surface area contributed by atoms with Crippen molar-refractivity contribution in [1.29, 1.82) is 0 Å². The number of benzene rings is 2. The smallest absolute Gasteiger partial charge is 0.295 e. The second-order valence-electron chi connectivity index (χ2n) is 7.57. The van der Waals surface area contributed by atoms with Crippen LogP contribution in [0, 0.1) is 0 Å². The van der Waals surface area contributed by atoms with Crippen LogP contribution in [0.5, 0.6) is 11.5 Å². The molecule has 8 heteroatoms. The lowest BCUT2D eigenvalue weighted by Crippen LogP contribution is -3.06. The number of carbonyl (C=O) groups is 2. The third-order valence-electron chi connectivity index (χ3n) is 5.20. The van der Waals surface area contributed by atoms with Gasteiger partial charge in [0.1, 0.15) is 5.76 Å². The Bertz CT molecular complexity index is 1050. The first-order valence-corrected chi connectivity index (χ1v) is 10.4. The molecule has 1 fully saturated rings. The predicted octanol–water partition coefficient (Wildman–Crippen LogP) is 1.74. The maximum Gasteiger partial charge on any atom is 0.295 e. The van der Waals surface area contributed by atoms with Gasteiger partial charge in [0.15, 0.2) is 11.5 Å². The molecule has 1 unspecified atom stereocenters. The minimum atomic E-state index is -0.691. The molecule has 2 N–H and O–H groups in total. The SMILES string of the molecule is C[NH+](C)CCN1C(=O)C(=O)C(=C(O)c2ccc3c(c2)OCO3)C1c1cccc(Br)c1. The van der Waals surface area contributed by atoms with Gasteiger partial charge in [-0.3, -0.25) is 9.59 Å². The third kappa shape index (κ3) is 3.68. The number of hydrogen-bond donors (Lipinski definition) is 2. The van der Waals surface area contributed by atoms with Crippen LogP contribution in [0.1, 0.15) is 17.2 Å². The van der Waals surface area contributed by atoms with E-state index in [1.807, 2.05) is 38.4 Å². The average Bonchev–Trinajstić information content (AvgIpc) is 3.28. The summed E-state index contributed by atoms with van der Waals surface area (Å²) in [5.41, 5.74) is 1.22. The van der Waals surface area contributed by atoms with E-state index in [0.29, 0.717) is 30.2 Å². The molecule has 0 aromatic heterocycles. The minimum absolute atomic E-state index is 0.0747. The number of aliphatic hydroxyl groups is 1. The Morgan fingerprint density at radius 1 is 1.17 bits per heavy atom. The molecule has 156 valence electrons. The normalized spacial score (nSPS) is 19.7. The molecule has 4 rings (SSSR count). The van der Waals surface area contributed by atoms with Crippen LogP contribution in [0.15, 0.2) is 52.5 Å². The molecule has 2 heterocycles. The van der Waals surface area contributed by atoms with E-state index in [1.54, 1.807) is 18.2 Å². The highest BCUT2D eigenvalue weighted by Crippen LogP contribution is 2.41. The second-order valence-corrected chi connectivity index (χ2v) is 8.49. The molecular weight excluding hydrogens is 452 g/mol. The lowest BCUT2D eigenvalue weighted by atomic mass is 9.95. The van der Waals surface area contributed by atoms with E-state index >= 15 is 0 Å². The van der Waals surface area contributed by atoms with Crippen LogP contribution in [0.25, 0.3) is 5.76 Å². The van der Waals surface area contributed by atoms with Crippen molar-refractivity contribution in [3.63, 3.8) is 0 Å². The van der Waals surface area contributed by atoms with Crippen molar-refractivity contribution < 1.29 is 29.1 Å². The number of carbonyl (C=O) groups excluding carboxylic acids is 2. The molecule has 0 saturated carbocycles. The number of nitrogens with one attached hydrogen (secondary N) is 1. The number of amides is 1. The van der Waals surface area contributed by atoms with Gasteiger partial charge in [0.25, 0.3) is 11.7 Å². The zero-order valence-electron chi connectivity index (χ0n) is 16.6. The number of aliphatic hydroxyl groups excluding tert-OH is 1. The highest BCUT2D eigenvalue weighted by Gasteiger charge is 2.46. The van der Waals surface area contributed by atoms with Crippen LogP contribution in [-0.2, 0) is 9.59 Å². The predicted molar refractivity (Wildman–Crippen MR) is 113 cm³/mol. The molecule has 2 aliphatic heterocycles. The molecule has 1 amide bonds. The summed E-state index contributed by atoms with van der Waals surface area (Å²) in [6.07, 6.45) is 0. The first kappa shape index (κ1) is 20.4. The number of hydrogen-bond acceptors (Lipinski definition) is 5. The number of ketones is 1. The summed E-state index contributed by atoms with van der Waals surface area (Å²) in [4.78, 5) is 28.6. The number of likely N-dealkylation sites (N-methyl/N-ethyl adjacent to an activating group) is 1. The molecule has 0 radical (unpaired) electrons. The average molecular weight is 474 g/mol. The van der Waals surface area contributed by atoms with E-state index in [9.17, 15) is 14.7 Å². The van der Waals surface area contributed by atoms with Crippen LogP contribution in [0.4, 0.5) is 0 Å². The molecule has 7 nitrogen and oxygen atoms in total. The van der Waals surface area contributed by atoms with Crippen LogP contribution in [-0.4, -0.2) is 55.7 Å². The molecule has 2 aromatic carbocycles. The molecule has 0 spiro atoms. The van der Waals surface area contributed by atoms with Crippen molar-refractivity contribution in [3.8, 4) is 11.5 Å². The van der Waals surface area contributed by atoms with Crippen molar-refractivity contribution in [1.82, 2.24) is 4.90 Å². The number of Topliss-reactive ketones (excluding diaryl/α,β-unsaturated/α-hetero) is 1. The quantitative estimate of drug-likeness (QED) is 0.392. The van der Waals surface area contributed by atoms with Gasteiger partial charge in [-0.1, -0.05) is 28.1 Å². The Morgan fingerprint density at radius 3 is 2.67 bits per heavy atom. The Balaban J connectivity index is 1.83. The third-order valence-corrected chi connectivity index (χ3v) is 5.70. The van der Waals surface area contributed by atoms with Gasteiger partial charge in [0.2, 0.25) is 6.79 Å². The summed E-state index contributed by atoms with van der Waals surface area (Å²) in [5.74, 6) is -0.461. The monoisotopic (exact) mass is 473 g/mol. The summed E-state index contributed by atoms with van der Waals surface area (Å²) in [5, 5.41) is 11.1. The fraction of sp³-hybridized carbons (Fsp3) is 0.273. The highest BCUT2D eigenvalue weighted by atomic mass is 79.9. The molecule has 0 aliphatic carbocycles. The maximum absolute atomic E-state index is 13.0. The van der Waals surface area contributed by atoms with E-state index in [2.05, 4.69) is 15.9 Å². The van der Waals surface area contributed by atoms with Crippen LogP contribution in [0.3, 0.4) is 0 Å². The molecule has 1 atom stereocenters. The van der Waals surface area contributed by atoms with E-state index in [0.717, 1.165) is 14.9 Å². The topological polar surface area (TPSA) is 80.5 Å². The van der Waals surface area contributed by atoms with Crippen LogP contribution < -0.4 is 14.4 Å². The number of halogens is 1. The largest absolute Gasteiger partial charge is 0.507 e. The Kier molecular flexibility index (Phi) is 5.53. The maximum atomic E-state index is 13.0. The summed E-state index contributed by atoms with van der Waals surface area (Å²) in [6, 6.07) is 11.7. The summed E-state index contributed by atoms with van der Waals surface area (Å²) >= 11 is 3.46. The lowest BCUT2D eigenvalue weighted by molar-refractivity contribution is -0.857. The first-order valence-electron chi connectivity index (χ1n) is 9.59. The van der Waals surface area contributed by atoms with Gasteiger partial charge in [0.05, 0.1) is 38.8 Å². The van der Waals surface area contributed by atoms with E-state index in [-0.39, 0.29) is 18.1 Å². The van der Waals surface area contributed by atoms with Crippen molar-refractivity contribution in [2.75, 3.05) is 34.0 Å². The van der Waals surface area contributed by atoms with E-state index in [4.69, 9.17) is 9.47 Å². The van der Waals surface area contributed by atoms with E-state index in [1.165, 1.54) is 4.90 Å². The zero-order chi connectivity index (χ0) is 21.4. The fourth-order valence-corrected chi connectivity index (χ4v) is 4.09. The number of likely N-dealkylation sites (tertiary alicyclic amines) is 1. The van der Waals surface area contributed by atoms with Gasteiger partial charge >= 0.3 is 0 Å². The summed E-state index contributed by atoms with van der Waals surface area (Å²) in [6.45, 7) is 1.17. The number of quaternary nitrogens is 1. The van der Waals surface area contributed by atoms with Gasteiger partial charge in [0, 0.05) is 10.0 Å². The Labute approximate surface area is 182 Å². The minimum Gasteiger partial charge on any atom is -0.507 e. The lowest BCUT2D eigenvalue weighted by Gasteiger charge is -2.25. The highest BCUT2D eigenvalue weighted by molar-refractivity contribution is 9.10. The van der Waals surface area contributed by atoms with Crippen molar-refractivity contribution in [3.05, 3.63) is 63.6 Å². The summed E-state index contributed by atoms with van der Waals surface area (Å²) < 4.78 is 11.5. The van der Waals surface area contributed by atoms with E-state index < -0.39 is 17.7 Å². The number of ether oxygens (including phenoxy) is 2. The van der Waals surface area contributed by atoms with Gasteiger partial charge in [-0.2, -0.15) is 0 Å². The summed E-state index contributed by atoms with van der Waals surface area (Å²) in [7, 11) is 3.97.